The minimum absolute atomic E-state index is 0.0902. The number of carbonyl (C=O) groups excluding carboxylic acids is 1. The van der Waals surface area contributed by atoms with Gasteiger partial charge in [0.15, 0.2) is 10.6 Å². The third-order valence-corrected chi connectivity index (χ3v) is 4.33. The first-order valence-corrected chi connectivity index (χ1v) is 8.47. The molecule has 0 aliphatic carbocycles. The number of amides is 1. The Balaban J connectivity index is 1.77. The van der Waals surface area contributed by atoms with Crippen LogP contribution in [0.2, 0.25) is 0 Å². The maximum absolute atomic E-state index is 12.6. The van der Waals surface area contributed by atoms with E-state index < -0.39 is 0 Å². The van der Waals surface area contributed by atoms with Crippen molar-refractivity contribution in [3.05, 3.63) is 52.7 Å². The van der Waals surface area contributed by atoms with Crippen LogP contribution in [-0.2, 0) is 17.9 Å². The molecule has 136 valence electrons. The van der Waals surface area contributed by atoms with Gasteiger partial charge in [-0.25, -0.2) is 0 Å². The predicted molar refractivity (Wildman–Crippen MR) is 99.3 cm³/mol. The molecule has 0 saturated heterocycles. The van der Waals surface area contributed by atoms with Gasteiger partial charge < -0.3 is 14.1 Å². The summed E-state index contributed by atoms with van der Waals surface area (Å²) in [5.74, 6) is 2.82. The number of carbonyl (C=O) groups is 1. The smallest absolute Gasteiger partial charge is 0.242 e. The monoisotopic (exact) mass is 372 g/mol. The number of hydrogen-bond donors (Lipinski definition) is 1. The minimum atomic E-state index is -0.0914. The van der Waals surface area contributed by atoms with Crippen molar-refractivity contribution in [3.63, 3.8) is 0 Å². The lowest BCUT2D eigenvalue weighted by Crippen LogP contribution is -2.30. The topological polar surface area (TPSA) is 76.3 Å². The summed E-state index contributed by atoms with van der Waals surface area (Å²) >= 11 is 5.29. The maximum Gasteiger partial charge on any atom is 0.242 e. The van der Waals surface area contributed by atoms with Crippen molar-refractivity contribution in [2.75, 3.05) is 14.2 Å². The Morgan fingerprint density at radius 3 is 2.65 bits per heavy atom. The Labute approximate surface area is 156 Å². The van der Waals surface area contributed by atoms with Crippen molar-refractivity contribution in [3.8, 4) is 17.1 Å². The fourth-order valence-corrected chi connectivity index (χ4v) is 2.77. The quantitative estimate of drug-likeness (QED) is 0.673. The number of nitrogens with zero attached hydrogens (tertiary/aromatic N) is 3. The third-order valence-electron chi connectivity index (χ3n) is 4.01. The van der Waals surface area contributed by atoms with E-state index in [2.05, 4.69) is 10.2 Å². The van der Waals surface area contributed by atoms with E-state index in [-0.39, 0.29) is 12.5 Å². The molecule has 0 aliphatic heterocycles. The van der Waals surface area contributed by atoms with Crippen LogP contribution >= 0.6 is 12.2 Å². The Kier molecular flexibility index (Phi) is 5.22. The number of H-pyrrole nitrogens is 1. The number of methoxy groups -OCH3 is 1. The van der Waals surface area contributed by atoms with Crippen LogP contribution in [0.25, 0.3) is 11.4 Å². The largest absolute Gasteiger partial charge is 0.497 e. The summed E-state index contributed by atoms with van der Waals surface area (Å²) in [5, 5.41) is 7.01. The molecule has 2 aromatic heterocycles. The van der Waals surface area contributed by atoms with Gasteiger partial charge in [0.2, 0.25) is 5.91 Å². The molecule has 0 saturated carbocycles. The standard InChI is InChI=1S/C18H20N4O3S/c1-12-4-7-15(25-12)10-21(2)16(23)11-22-17(19-20-18(22)26)13-5-8-14(24-3)9-6-13/h4-9H,10-11H2,1-3H3,(H,20,26). The van der Waals surface area contributed by atoms with Crippen LogP contribution in [0.1, 0.15) is 11.5 Å². The van der Waals surface area contributed by atoms with Crippen molar-refractivity contribution < 1.29 is 13.9 Å². The van der Waals surface area contributed by atoms with Crippen molar-refractivity contribution in [1.29, 1.82) is 0 Å². The molecule has 0 spiro atoms. The molecule has 7 nitrogen and oxygen atoms in total. The van der Waals surface area contributed by atoms with Crippen LogP contribution in [0.15, 0.2) is 40.8 Å². The predicted octanol–water partition coefficient (Wildman–Crippen LogP) is 3.18. The highest BCUT2D eigenvalue weighted by atomic mass is 32.1. The molecule has 8 heteroatoms. The van der Waals surface area contributed by atoms with Crippen LogP contribution in [-0.4, -0.2) is 39.7 Å². The molecular formula is C18H20N4O3S. The highest BCUT2D eigenvalue weighted by Crippen LogP contribution is 2.21. The second kappa shape index (κ2) is 7.57. The molecule has 3 aromatic rings. The van der Waals surface area contributed by atoms with E-state index in [0.717, 1.165) is 22.8 Å². The molecule has 1 amide bonds. The molecule has 0 bridgehead atoms. The number of benzene rings is 1. The van der Waals surface area contributed by atoms with Crippen LogP contribution in [0.4, 0.5) is 0 Å². The Morgan fingerprint density at radius 1 is 1.31 bits per heavy atom. The van der Waals surface area contributed by atoms with Gasteiger partial charge in [0.05, 0.1) is 13.7 Å². The van der Waals surface area contributed by atoms with Crippen LogP contribution in [0, 0.1) is 11.7 Å². The van der Waals surface area contributed by atoms with Gasteiger partial charge in [-0.2, -0.15) is 5.10 Å². The van der Waals surface area contributed by atoms with Crippen LogP contribution in [0.3, 0.4) is 0 Å². The molecule has 1 aromatic carbocycles. The molecule has 0 atom stereocenters. The second-order valence-electron chi connectivity index (χ2n) is 5.93. The molecule has 1 N–H and O–H groups in total. The van der Waals surface area contributed by atoms with Gasteiger partial charge in [-0.3, -0.25) is 14.5 Å². The lowest BCUT2D eigenvalue weighted by Gasteiger charge is -2.16. The Morgan fingerprint density at radius 2 is 2.04 bits per heavy atom. The molecular weight excluding hydrogens is 352 g/mol. The number of ether oxygens (including phenoxy) is 1. The molecule has 0 radical (unpaired) electrons. The average molecular weight is 372 g/mol. The lowest BCUT2D eigenvalue weighted by molar-refractivity contribution is -0.131. The first-order valence-electron chi connectivity index (χ1n) is 8.07. The zero-order valence-electron chi connectivity index (χ0n) is 14.9. The zero-order valence-corrected chi connectivity index (χ0v) is 15.7. The van der Waals surface area contributed by atoms with Gasteiger partial charge in [0.25, 0.3) is 0 Å². The molecule has 2 heterocycles. The van der Waals surface area contributed by atoms with Crippen molar-refractivity contribution >= 4 is 18.1 Å². The number of nitrogens with one attached hydrogen (secondary N) is 1. The zero-order chi connectivity index (χ0) is 18.7. The number of aryl methyl sites for hydroxylation is 1. The van der Waals surface area contributed by atoms with Crippen LogP contribution < -0.4 is 4.74 Å². The molecule has 0 unspecified atom stereocenters. The highest BCUT2D eigenvalue weighted by molar-refractivity contribution is 7.71. The van der Waals surface area contributed by atoms with Gasteiger partial charge in [0.1, 0.15) is 23.8 Å². The highest BCUT2D eigenvalue weighted by Gasteiger charge is 2.16. The van der Waals surface area contributed by atoms with Gasteiger partial charge in [-0.05, 0) is 55.5 Å². The number of rotatable bonds is 6. The number of furan rings is 1. The van der Waals surface area contributed by atoms with Crippen molar-refractivity contribution in [2.45, 2.75) is 20.0 Å². The van der Waals surface area contributed by atoms with E-state index in [0.29, 0.717) is 17.1 Å². The fourth-order valence-electron chi connectivity index (χ4n) is 2.57. The minimum Gasteiger partial charge on any atom is -0.497 e. The summed E-state index contributed by atoms with van der Waals surface area (Å²) in [7, 11) is 3.34. The van der Waals surface area contributed by atoms with E-state index in [1.165, 1.54) is 0 Å². The summed E-state index contributed by atoms with van der Waals surface area (Å²) in [6.07, 6.45) is 0. The van der Waals surface area contributed by atoms with Crippen LogP contribution in [0.5, 0.6) is 5.75 Å². The summed E-state index contributed by atoms with van der Waals surface area (Å²) in [6.45, 7) is 2.36. The average Bonchev–Trinajstić information content (AvgIpc) is 3.21. The summed E-state index contributed by atoms with van der Waals surface area (Å²) in [5.41, 5.74) is 0.843. The van der Waals surface area contributed by atoms with E-state index in [4.69, 9.17) is 21.4 Å². The Hall–Kier alpha value is -2.87. The lowest BCUT2D eigenvalue weighted by atomic mass is 10.2. The van der Waals surface area contributed by atoms with Gasteiger partial charge >= 0.3 is 0 Å². The van der Waals surface area contributed by atoms with Gasteiger partial charge in [-0.1, -0.05) is 0 Å². The van der Waals surface area contributed by atoms with E-state index in [9.17, 15) is 4.79 Å². The maximum atomic E-state index is 12.6. The van der Waals surface area contributed by atoms with E-state index in [1.54, 1.807) is 23.6 Å². The number of aromatic nitrogens is 3. The number of likely N-dealkylation sites (N-methyl/N-ethyl adjacent to an activating group) is 1. The normalized spacial score (nSPS) is 10.7. The number of aromatic amines is 1. The number of hydrogen-bond acceptors (Lipinski definition) is 5. The van der Waals surface area contributed by atoms with Crippen molar-refractivity contribution in [2.24, 2.45) is 0 Å². The van der Waals surface area contributed by atoms with Gasteiger partial charge in [0, 0.05) is 12.6 Å². The fraction of sp³-hybridized carbons (Fsp3) is 0.278. The second-order valence-corrected chi connectivity index (χ2v) is 6.32. The summed E-state index contributed by atoms with van der Waals surface area (Å²) in [6, 6.07) is 11.2. The first kappa shape index (κ1) is 17.9. The molecule has 3 rings (SSSR count). The van der Waals surface area contributed by atoms with Crippen molar-refractivity contribution in [1.82, 2.24) is 19.7 Å². The summed E-state index contributed by atoms with van der Waals surface area (Å²) < 4.78 is 12.8. The molecule has 0 aliphatic rings. The first-order chi connectivity index (χ1) is 12.5. The SMILES string of the molecule is COc1ccc(-c2n[nH]c(=S)n2CC(=O)N(C)Cc2ccc(C)o2)cc1. The Bertz CT molecular complexity index is 955. The van der Waals surface area contributed by atoms with E-state index >= 15 is 0 Å². The van der Waals surface area contributed by atoms with Gasteiger partial charge in [-0.15, -0.1) is 0 Å². The van der Waals surface area contributed by atoms with E-state index in [1.807, 2.05) is 43.3 Å². The molecule has 26 heavy (non-hydrogen) atoms. The summed E-state index contributed by atoms with van der Waals surface area (Å²) in [4.78, 5) is 14.2. The molecule has 0 fully saturated rings. The third kappa shape index (κ3) is 3.85.